The average Bonchev–Trinajstić information content (AvgIpc) is 2.53. The lowest BCUT2D eigenvalue weighted by Crippen LogP contribution is -2.55. The van der Waals surface area contributed by atoms with Gasteiger partial charge < -0.3 is 14.5 Å². The fourth-order valence-electron chi connectivity index (χ4n) is 2.91. The molecular weight excluding hydrogens is 342 g/mol. The van der Waals surface area contributed by atoms with Crippen LogP contribution in [0.25, 0.3) is 11.0 Å². The molecule has 1 saturated heterocycles. The summed E-state index contributed by atoms with van der Waals surface area (Å²) in [5.74, 6) is -1.33. The zero-order valence-corrected chi connectivity index (χ0v) is 15.3. The van der Waals surface area contributed by atoms with Crippen molar-refractivity contribution in [2.45, 2.75) is 39.3 Å². The molecule has 6 nitrogen and oxygen atoms in total. The molecule has 1 amide bonds. The number of amides is 1. The van der Waals surface area contributed by atoms with E-state index >= 15 is 0 Å². The Bertz CT molecular complexity index is 838. The molecule has 1 aromatic carbocycles. The van der Waals surface area contributed by atoms with Gasteiger partial charge in [-0.1, -0.05) is 0 Å². The molecule has 0 bridgehead atoms. The number of ether oxygens (including phenoxy) is 1. The number of fused-ring (bicyclic) bond motifs is 1. The van der Waals surface area contributed by atoms with Crippen molar-refractivity contribution in [3.63, 3.8) is 0 Å². The number of carbonyl (C=O) groups excluding carboxylic acids is 1. The Kier molecular flexibility index (Phi) is 4.68. The molecule has 0 unspecified atom stereocenters. The van der Waals surface area contributed by atoms with E-state index in [1.54, 1.807) is 4.90 Å². The number of hydrogen-bond donors (Lipinski definition) is 0. The van der Waals surface area contributed by atoms with Gasteiger partial charge in [0.2, 0.25) is 0 Å². The van der Waals surface area contributed by atoms with E-state index in [1.807, 2.05) is 32.6 Å². The molecule has 8 heteroatoms. The highest BCUT2D eigenvalue weighted by Crippen LogP contribution is 2.22. The SMILES string of the molecule is C[C@@H]1CN(c2cnc3cc(F)c(F)cc3n2)CCN1C(=O)OC(C)(C)C. The van der Waals surface area contributed by atoms with Gasteiger partial charge >= 0.3 is 6.09 Å². The largest absolute Gasteiger partial charge is 0.444 e. The van der Waals surface area contributed by atoms with Gasteiger partial charge in [0.05, 0.1) is 17.2 Å². The lowest BCUT2D eigenvalue weighted by Gasteiger charge is -2.40. The Morgan fingerprint density at radius 2 is 1.85 bits per heavy atom. The first-order valence-corrected chi connectivity index (χ1v) is 8.50. The van der Waals surface area contributed by atoms with Gasteiger partial charge in [0, 0.05) is 37.8 Å². The maximum Gasteiger partial charge on any atom is 0.410 e. The van der Waals surface area contributed by atoms with Crippen LogP contribution in [0.4, 0.5) is 19.4 Å². The summed E-state index contributed by atoms with van der Waals surface area (Å²) in [5.41, 5.74) is 0.0496. The monoisotopic (exact) mass is 364 g/mol. The number of nitrogens with zero attached hydrogens (tertiary/aromatic N) is 4. The lowest BCUT2D eigenvalue weighted by atomic mass is 10.2. The van der Waals surface area contributed by atoms with E-state index in [0.29, 0.717) is 36.5 Å². The summed E-state index contributed by atoms with van der Waals surface area (Å²) in [6.45, 7) is 9.00. The predicted octanol–water partition coefficient (Wildman–Crippen LogP) is 3.35. The van der Waals surface area contributed by atoms with Gasteiger partial charge in [0.25, 0.3) is 0 Å². The normalized spacial score (nSPS) is 18.3. The van der Waals surface area contributed by atoms with E-state index in [0.717, 1.165) is 12.1 Å². The van der Waals surface area contributed by atoms with Crippen LogP contribution in [0.3, 0.4) is 0 Å². The highest BCUT2D eigenvalue weighted by molar-refractivity contribution is 5.76. The van der Waals surface area contributed by atoms with Crippen molar-refractivity contribution < 1.29 is 18.3 Å². The van der Waals surface area contributed by atoms with Crippen molar-refractivity contribution >= 4 is 22.9 Å². The quantitative estimate of drug-likeness (QED) is 0.777. The Morgan fingerprint density at radius 3 is 2.46 bits per heavy atom. The topological polar surface area (TPSA) is 58.6 Å². The number of rotatable bonds is 1. The molecule has 140 valence electrons. The summed E-state index contributed by atoms with van der Waals surface area (Å²) in [5, 5.41) is 0. The van der Waals surface area contributed by atoms with Crippen LogP contribution < -0.4 is 4.90 Å². The van der Waals surface area contributed by atoms with Gasteiger partial charge in [0.1, 0.15) is 11.4 Å². The molecule has 0 spiro atoms. The molecule has 2 heterocycles. The molecule has 2 aromatic rings. The van der Waals surface area contributed by atoms with Crippen LogP contribution in [0, 0.1) is 11.6 Å². The zero-order valence-electron chi connectivity index (χ0n) is 15.3. The minimum atomic E-state index is -0.952. The van der Waals surface area contributed by atoms with Gasteiger partial charge in [-0.05, 0) is 27.7 Å². The molecule has 1 fully saturated rings. The summed E-state index contributed by atoms with van der Waals surface area (Å²) < 4.78 is 32.2. The highest BCUT2D eigenvalue weighted by atomic mass is 19.2. The number of carbonyl (C=O) groups is 1. The predicted molar refractivity (Wildman–Crippen MR) is 94.1 cm³/mol. The van der Waals surface area contributed by atoms with Gasteiger partial charge in [-0.3, -0.25) is 4.98 Å². The van der Waals surface area contributed by atoms with Crippen molar-refractivity contribution in [1.82, 2.24) is 14.9 Å². The minimum absolute atomic E-state index is 0.0824. The number of hydrogen-bond acceptors (Lipinski definition) is 5. The van der Waals surface area contributed by atoms with E-state index in [1.165, 1.54) is 6.20 Å². The first-order valence-electron chi connectivity index (χ1n) is 8.50. The second-order valence-electron chi connectivity index (χ2n) is 7.45. The van der Waals surface area contributed by atoms with E-state index in [9.17, 15) is 13.6 Å². The third kappa shape index (κ3) is 3.84. The summed E-state index contributed by atoms with van der Waals surface area (Å²) >= 11 is 0. The molecule has 1 aliphatic heterocycles. The fourth-order valence-corrected chi connectivity index (χ4v) is 2.91. The molecular formula is C18H22F2N4O2. The van der Waals surface area contributed by atoms with Crippen molar-refractivity contribution in [2.75, 3.05) is 24.5 Å². The van der Waals surface area contributed by atoms with Crippen LogP contribution in [0.1, 0.15) is 27.7 Å². The van der Waals surface area contributed by atoms with E-state index in [2.05, 4.69) is 9.97 Å². The smallest absolute Gasteiger partial charge is 0.410 e. The Hall–Kier alpha value is -2.51. The first-order chi connectivity index (χ1) is 12.1. The van der Waals surface area contributed by atoms with Crippen LogP contribution >= 0.6 is 0 Å². The van der Waals surface area contributed by atoms with E-state index < -0.39 is 17.2 Å². The van der Waals surface area contributed by atoms with Gasteiger partial charge in [0.15, 0.2) is 11.6 Å². The molecule has 3 rings (SSSR count). The number of anilines is 1. The molecule has 1 aliphatic rings. The fraction of sp³-hybridized carbons (Fsp3) is 0.500. The zero-order chi connectivity index (χ0) is 19.1. The molecule has 0 saturated carbocycles. The average molecular weight is 364 g/mol. The van der Waals surface area contributed by atoms with Crippen LogP contribution in [-0.4, -0.2) is 52.2 Å². The third-order valence-corrected chi connectivity index (χ3v) is 4.15. The number of halogens is 2. The van der Waals surface area contributed by atoms with Crippen molar-refractivity contribution in [2.24, 2.45) is 0 Å². The Labute approximate surface area is 150 Å². The number of piperazine rings is 1. The summed E-state index contributed by atoms with van der Waals surface area (Å²) in [7, 11) is 0. The highest BCUT2D eigenvalue weighted by Gasteiger charge is 2.31. The first kappa shape index (κ1) is 18.3. The lowest BCUT2D eigenvalue weighted by molar-refractivity contribution is 0.0158. The minimum Gasteiger partial charge on any atom is -0.444 e. The van der Waals surface area contributed by atoms with Crippen LogP contribution in [0.15, 0.2) is 18.3 Å². The second-order valence-corrected chi connectivity index (χ2v) is 7.45. The van der Waals surface area contributed by atoms with Crippen molar-refractivity contribution in [3.05, 3.63) is 30.0 Å². The third-order valence-electron chi connectivity index (χ3n) is 4.15. The molecule has 0 aliphatic carbocycles. The van der Waals surface area contributed by atoms with E-state index in [-0.39, 0.29) is 12.1 Å². The van der Waals surface area contributed by atoms with Crippen molar-refractivity contribution in [3.8, 4) is 0 Å². The number of benzene rings is 1. The Morgan fingerprint density at radius 1 is 1.19 bits per heavy atom. The molecule has 1 atom stereocenters. The van der Waals surface area contributed by atoms with E-state index in [4.69, 9.17) is 4.74 Å². The maximum absolute atomic E-state index is 13.4. The molecule has 0 N–H and O–H groups in total. The van der Waals surface area contributed by atoms with Crippen LogP contribution in [-0.2, 0) is 4.74 Å². The van der Waals surface area contributed by atoms with Crippen molar-refractivity contribution in [1.29, 1.82) is 0 Å². The van der Waals surface area contributed by atoms with Gasteiger partial charge in [-0.2, -0.15) is 0 Å². The summed E-state index contributed by atoms with van der Waals surface area (Å²) in [4.78, 5) is 24.5. The van der Waals surface area contributed by atoms with Gasteiger partial charge in [-0.25, -0.2) is 18.6 Å². The molecule has 0 radical (unpaired) electrons. The standard InChI is InChI=1S/C18H22F2N4O2/c1-11-10-23(5-6-24(11)17(25)26-18(2,3)4)16-9-21-14-7-12(19)13(20)8-15(14)22-16/h7-9,11H,5-6,10H2,1-4H3/t11-/m1/s1. The summed E-state index contributed by atoms with van der Waals surface area (Å²) in [6.07, 6.45) is 1.20. The Balaban J connectivity index is 1.75. The second kappa shape index (κ2) is 6.66. The maximum atomic E-state index is 13.4. The van der Waals surface area contributed by atoms with Gasteiger partial charge in [-0.15, -0.1) is 0 Å². The van der Waals surface area contributed by atoms with Crippen LogP contribution in [0.2, 0.25) is 0 Å². The number of aromatic nitrogens is 2. The molecule has 1 aromatic heterocycles. The van der Waals surface area contributed by atoms with Crippen LogP contribution in [0.5, 0.6) is 0 Å². The summed E-state index contributed by atoms with van der Waals surface area (Å²) in [6, 6.07) is 1.99. The molecule has 26 heavy (non-hydrogen) atoms.